The fourth-order valence-corrected chi connectivity index (χ4v) is 6.12. The summed E-state index contributed by atoms with van der Waals surface area (Å²) >= 11 is 0. The number of benzene rings is 3. The van der Waals surface area contributed by atoms with E-state index >= 15 is 0 Å². The Morgan fingerprint density at radius 3 is 2.70 bits per heavy atom. The van der Waals surface area contributed by atoms with Crippen molar-refractivity contribution in [3.05, 3.63) is 126 Å². The van der Waals surface area contributed by atoms with Crippen molar-refractivity contribution in [1.82, 2.24) is 24.6 Å². The van der Waals surface area contributed by atoms with E-state index in [0.717, 1.165) is 67.7 Å². The number of amides is 1. The Morgan fingerprint density at radius 1 is 0.930 bits per heavy atom. The molecule has 7 heteroatoms. The summed E-state index contributed by atoms with van der Waals surface area (Å²) in [5, 5.41) is 5.46. The minimum absolute atomic E-state index is 0.110. The second-order valence-corrected chi connectivity index (χ2v) is 11.5. The first-order chi connectivity index (χ1) is 21.1. The third-order valence-corrected chi connectivity index (χ3v) is 8.19. The van der Waals surface area contributed by atoms with Crippen LogP contribution in [0.3, 0.4) is 0 Å². The maximum atomic E-state index is 13.6. The normalized spacial score (nSPS) is 15.2. The Balaban J connectivity index is 1.03. The molecule has 3 aromatic carbocycles. The number of ether oxygens (including phenoxy) is 1. The van der Waals surface area contributed by atoms with Gasteiger partial charge >= 0.3 is 0 Å². The third kappa shape index (κ3) is 7.30. The number of piperidine rings is 1. The van der Waals surface area contributed by atoms with Crippen molar-refractivity contribution in [3.8, 4) is 5.75 Å². The van der Waals surface area contributed by atoms with E-state index < -0.39 is 0 Å². The van der Waals surface area contributed by atoms with Crippen LogP contribution in [0.15, 0.2) is 104 Å². The zero-order valence-corrected chi connectivity index (χ0v) is 24.8. The molecule has 1 aliphatic rings. The highest BCUT2D eigenvalue weighted by atomic mass is 16.5. The number of para-hydroxylation sites is 1. The molecule has 1 fully saturated rings. The first kappa shape index (κ1) is 28.6. The molecule has 2 aromatic heterocycles. The molecule has 1 saturated heterocycles. The maximum Gasteiger partial charge on any atom is 0.254 e. The Bertz CT molecular complexity index is 1650. The molecule has 5 aromatic rings. The third-order valence-electron chi connectivity index (χ3n) is 8.19. The molecule has 0 bridgehead atoms. The van der Waals surface area contributed by atoms with Crippen LogP contribution in [0.5, 0.6) is 5.75 Å². The van der Waals surface area contributed by atoms with Crippen molar-refractivity contribution < 1.29 is 9.53 Å². The fourth-order valence-electron chi connectivity index (χ4n) is 6.12. The van der Waals surface area contributed by atoms with E-state index in [9.17, 15) is 4.79 Å². The second-order valence-electron chi connectivity index (χ2n) is 11.5. The maximum absolute atomic E-state index is 13.6. The van der Waals surface area contributed by atoms with Gasteiger partial charge < -0.3 is 9.64 Å². The molecular weight excluding hydrogens is 534 g/mol. The quantitative estimate of drug-likeness (QED) is 0.179. The van der Waals surface area contributed by atoms with Crippen LogP contribution in [0.2, 0.25) is 0 Å². The van der Waals surface area contributed by atoms with Crippen molar-refractivity contribution in [1.29, 1.82) is 0 Å². The van der Waals surface area contributed by atoms with E-state index in [2.05, 4.69) is 69.4 Å². The topological polar surface area (TPSA) is 63.5 Å². The van der Waals surface area contributed by atoms with Gasteiger partial charge in [0.25, 0.3) is 5.91 Å². The standard InChI is InChI=1S/C36H39N5O2/c1-39(27-32-13-6-11-30-14-7-18-37-35(30)32)25-29-10-5-16-34(24-29)43-22-17-33-15-2-3-21-41(33)36(42)31-12-4-9-28(23-31)26-40-20-8-19-38-40/h4-14,16,18-20,23-24,33H,2-3,15,17,21-22,25-27H2,1H3. The van der Waals surface area contributed by atoms with Crippen LogP contribution < -0.4 is 4.74 Å². The van der Waals surface area contributed by atoms with Gasteiger partial charge in [-0.15, -0.1) is 0 Å². The number of nitrogens with zero attached hydrogens (tertiary/aromatic N) is 5. The van der Waals surface area contributed by atoms with Crippen molar-refractivity contribution in [2.75, 3.05) is 20.2 Å². The SMILES string of the molecule is CN(Cc1cccc(OCCC2CCCCN2C(=O)c2cccc(Cn3cccn3)c2)c1)Cc1cccc2cccnc12. The van der Waals surface area contributed by atoms with E-state index in [-0.39, 0.29) is 11.9 Å². The molecule has 1 atom stereocenters. The van der Waals surface area contributed by atoms with Crippen LogP contribution in [0.4, 0.5) is 0 Å². The van der Waals surface area contributed by atoms with Gasteiger partial charge in [-0.05, 0) is 79.4 Å². The summed E-state index contributed by atoms with van der Waals surface area (Å²) < 4.78 is 8.12. The molecule has 1 unspecified atom stereocenters. The molecule has 43 heavy (non-hydrogen) atoms. The van der Waals surface area contributed by atoms with Crippen LogP contribution >= 0.6 is 0 Å². The predicted molar refractivity (Wildman–Crippen MR) is 170 cm³/mol. The van der Waals surface area contributed by atoms with E-state index in [1.807, 2.05) is 59.5 Å². The van der Waals surface area contributed by atoms with Gasteiger partial charge in [-0.2, -0.15) is 5.10 Å². The number of hydrogen-bond acceptors (Lipinski definition) is 5. The zero-order chi connectivity index (χ0) is 29.4. The number of carbonyl (C=O) groups excluding carboxylic acids is 1. The lowest BCUT2D eigenvalue weighted by atomic mass is 9.98. The lowest BCUT2D eigenvalue weighted by Gasteiger charge is -2.36. The summed E-state index contributed by atoms with van der Waals surface area (Å²) in [5.74, 6) is 0.983. The van der Waals surface area contributed by atoms with E-state index in [1.165, 1.54) is 16.5 Å². The monoisotopic (exact) mass is 573 g/mol. The zero-order valence-electron chi connectivity index (χ0n) is 24.8. The van der Waals surface area contributed by atoms with Gasteiger partial charge in [0, 0.05) is 61.6 Å². The molecule has 1 aliphatic heterocycles. The Kier molecular flexibility index (Phi) is 9.09. The molecular formula is C36H39N5O2. The number of likely N-dealkylation sites (tertiary alicyclic amines) is 1. The number of rotatable bonds is 11. The van der Waals surface area contributed by atoms with E-state index in [1.54, 1.807) is 6.20 Å². The van der Waals surface area contributed by atoms with Crippen LogP contribution in [0.1, 0.15) is 52.7 Å². The number of fused-ring (bicyclic) bond motifs is 1. The Hall–Kier alpha value is -4.49. The van der Waals surface area contributed by atoms with Crippen LogP contribution in [0.25, 0.3) is 10.9 Å². The summed E-state index contributed by atoms with van der Waals surface area (Å²) in [6.45, 7) is 3.65. The smallest absolute Gasteiger partial charge is 0.254 e. The minimum Gasteiger partial charge on any atom is -0.494 e. The number of carbonyl (C=O) groups is 1. The van der Waals surface area contributed by atoms with Crippen LogP contribution in [-0.2, 0) is 19.6 Å². The Morgan fingerprint density at radius 2 is 1.79 bits per heavy atom. The molecule has 1 amide bonds. The second kappa shape index (κ2) is 13.7. The number of aromatic nitrogens is 3. The van der Waals surface area contributed by atoms with Crippen molar-refractivity contribution in [2.24, 2.45) is 0 Å². The lowest BCUT2D eigenvalue weighted by Crippen LogP contribution is -2.44. The average molecular weight is 574 g/mol. The van der Waals surface area contributed by atoms with Crippen LogP contribution in [0, 0.1) is 0 Å². The summed E-state index contributed by atoms with van der Waals surface area (Å²) in [7, 11) is 2.14. The Labute approximate surface area is 253 Å². The molecule has 0 saturated carbocycles. The summed E-state index contributed by atoms with van der Waals surface area (Å²) in [5.41, 5.74) is 5.31. The van der Waals surface area contributed by atoms with Gasteiger partial charge in [0.05, 0.1) is 18.7 Å². The summed E-state index contributed by atoms with van der Waals surface area (Å²) in [6.07, 6.45) is 9.58. The number of pyridine rings is 1. The van der Waals surface area contributed by atoms with E-state index in [0.29, 0.717) is 13.2 Å². The van der Waals surface area contributed by atoms with Crippen LogP contribution in [-0.4, -0.2) is 56.7 Å². The van der Waals surface area contributed by atoms with Gasteiger partial charge in [-0.3, -0.25) is 19.4 Å². The van der Waals surface area contributed by atoms with Gasteiger partial charge in [0.1, 0.15) is 5.75 Å². The van der Waals surface area contributed by atoms with Crippen molar-refractivity contribution >= 4 is 16.8 Å². The summed E-state index contributed by atoms with van der Waals surface area (Å²) in [6, 6.07) is 28.9. The highest BCUT2D eigenvalue weighted by Gasteiger charge is 2.27. The van der Waals surface area contributed by atoms with Crippen molar-refractivity contribution in [3.63, 3.8) is 0 Å². The van der Waals surface area contributed by atoms with Gasteiger partial charge in [0.2, 0.25) is 0 Å². The first-order valence-electron chi connectivity index (χ1n) is 15.2. The fraction of sp³-hybridized carbons (Fsp3) is 0.306. The largest absolute Gasteiger partial charge is 0.494 e. The lowest BCUT2D eigenvalue weighted by molar-refractivity contribution is 0.0580. The predicted octanol–water partition coefficient (Wildman–Crippen LogP) is 6.58. The van der Waals surface area contributed by atoms with Gasteiger partial charge in [0.15, 0.2) is 0 Å². The molecule has 3 heterocycles. The van der Waals surface area contributed by atoms with E-state index in [4.69, 9.17) is 4.74 Å². The average Bonchev–Trinajstić information content (AvgIpc) is 3.54. The summed E-state index contributed by atoms with van der Waals surface area (Å²) in [4.78, 5) is 22.6. The minimum atomic E-state index is 0.110. The molecule has 0 spiro atoms. The molecule has 0 aliphatic carbocycles. The molecule has 0 radical (unpaired) electrons. The molecule has 6 rings (SSSR count). The van der Waals surface area contributed by atoms with Crippen molar-refractivity contribution in [2.45, 2.75) is 51.4 Å². The highest BCUT2D eigenvalue weighted by Crippen LogP contribution is 2.24. The van der Waals surface area contributed by atoms with Gasteiger partial charge in [-0.25, -0.2) is 0 Å². The molecule has 7 nitrogen and oxygen atoms in total. The molecule has 0 N–H and O–H groups in total. The number of hydrogen-bond donors (Lipinski definition) is 0. The first-order valence-corrected chi connectivity index (χ1v) is 15.2. The molecule has 220 valence electrons. The van der Waals surface area contributed by atoms with Gasteiger partial charge in [-0.1, -0.05) is 48.5 Å². The highest BCUT2D eigenvalue weighted by molar-refractivity contribution is 5.94.